The average Bonchev–Trinajstić information content (AvgIpc) is 1.79. The minimum atomic E-state index is -3.38. The van der Waals surface area contributed by atoms with Crippen LogP contribution in [0.4, 0.5) is 0 Å². The van der Waals surface area contributed by atoms with Crippen LogP contribution in [0, 0.1) is 10.8 Å². The van der Waals surface area contributed by atoms with Gasteiger partial charge in [-0.25, -0.2) is 13.6 Å². The molecule has 1 fully saturated rings. The summed E-state index contributed by atoms with van der Waals surface area (Å²) in [6, 6.07) is 0. The summed E-state index contributed by atoms with van der Waals surface area (Å²) < 4.78 is 21.9. The van der Waals surface area contributed by atoms with E-state index < -0.39 is 10.0 Å². The molecule has 1 aliphatic rings. The van der Waals surface area contributed by atoms with Gasteiger partial charge >= 0.3 is 0 Å². The van der Waals surface area contributed by atoms with E-state index in [0.717, 1.165) is 12.8 Å². The maximum atomic E-state index is 10.9. The summed E-state index contributed by atoms with van der Waals surface area (Å²) >= 11 is 0. The SMILES string of the molecule is CC1(C)CC(CN)(CS(N)(=O)=O)C1. The summed E-state index contributed by atoms with van der Waals surface area (Å²) in [5.41, 5.74) is 5.55. The second-order valence-electron chi connectivity index (χ2n) is 5.03. The zero-order chi connectivity index (χ0) is 10.3. The third-order valence-electron chi connectivity index (χ3n) is 2.65. The molecule has 0 radical (unpaired) electrons. The van der Waals surface area contributed by atoms with Crippen molar-refractivity contribution in [1.82, 2.24) is 0 Å². The predicted octanol–water partition coefficient (Wildman–Crippen LogP) is 0.0400. The van der Waals surface area contributed by atoms with Gasteiger partial charge in [-0.3, -0.25) is 0 Å². The summed E-state index contributed by atoms with van der Waals surface area (Å²) in [5.74, 6) is 0.0277. The molecule has 0 aromatic carbocycles. The van der Waals surface area contributed by atoms with Crippen LogP contribution in [0.2, 0.25) is 0 Å². The molecule has 0 heterocycles. The Bertz CT molecular complexity index is 287. The molecule has 0 spiro atoms. The molecule has 1 saturated carbocycles. The first-order chi connectivity index (χ1) is 5.68. The molecule has 1 rings (SSSR count). The van der Waals surface area contributed by atoms with Crippen molar-refractivity contribution in [1.29, 1.82) is 0 Å². The Balaban J connectivity index is 2.67. The van der Waals surface area contributed by atoms with Gasteiger partial charge in [-0.05, 0) is 30.2 Å². The highest BCUT2D eigenvalue weighted by molar-refractivity contribution is 7.89. The highest BCUT2D eigenvalue weighted by atomic mass is 32.2. The van der Waals surface area contributed by atoms with E-state index in [1.165, 1.54) is 0 Å². The minimum Gasteiger partial charge on any atom is -0.330 e. The van der Waals surface area contributed by atoms with Crippen molar-refractivity contribution in [2.24, 2.45) is 21.7 Å². The van der Waals surface area contributed by atoms with Crippen molar-refractivity contribution in [3.05, 3.63) is 0 Å². The molecule has 1 aliphatic carbocycles. The van der Waals surface area contributed by atoms with Gasteiger partial charge < -0.3 is 5.73 Å². The topological polar surface area (TPSA) is 86.2 Å². The maximum Gasteiger partial charge on any atom is 0.209 e. The van der Waals surface area contributed by atoms with Crippen LogP contribution in [0.5, 0.6) is 0 Å². The van der Waals surface area contributed by atoms with Crippen LogP contribution in [-0.2, 0) is 10.0 Å². The summed E-state index contributed by atoms with van der Waals surface area (Å²) in [7, 11) is -3.38. The van der Waals surface area contributed by atoms with Crippen LogP contribution in [0.25, 0.3) is 0 Å². The second-order valence-corrected chi connectivity index (χ2v) is 6.64. The average molecular weight is 206 g/mol. The molecule has 0 aromatic rings. The van der Waals surface area contributed by atoms with E-state index in [1.807, 2.05) is 0 Å². The Morgan fingerprint density at radius 2 is 1.77 bits per heavy atom. The fourth-order valence-electron chi connectivity index (χ4n) is 2.71. The number of nitrogens with two attached hydrogens (primary N) is 2. The van der Waals surface area contributed by atoms with E-state index in [0.29, 0.717) is 6.54 Å². The first-order valence-corrected chi connectivity index (χ1v) is 6.10. The number of primary sulfonamides is 1. The smallest absolute Gasteiger partial charge is 0.209 e. The van der Waals surface area contributed by atoms with Crippen LogP contribution in [0.1, 0.15) is 26.7 Å². The number of hydrogen-bond acceptors (Lipinski definition) is 3. The van der Waals surface area contributed by atoms with Gasteiger partial charge in [0.1, 0.15) is 0 Å². The molecular formula is C8H18N2O2S. The van der Waals surface area contributed by atoms with Crippen molar-refractivity contribution in [3.8, 4) is 0 Å². The van der Waals surface area contributed by atoms with Gasteiger partial charge in [0.15, 0.2) is 0 Å². The molecule has 4 nitrogen and oxygen atoms in total. The van der Waals surface area contributed by atoms with Crippen LogP contribution < -0.4 is 10.9 Å². The Morgan fingerprint density at radius 1 is 1.31 bits per heavy atom. The van der Waals surface area contributed by atoms with Crippen LogP contribution in [0.15, 0.2) is 0 Å². The lowest BCUT2D eigenvalue weighted by Crippen LogP contribution is -2.52. The molecule has 4 N–H and O–H groups in total. The van der Waals surface area contributed by atoms with E-state index in [4.69, 9.17) is 10.9 Å². The summed E-state index contributed by atoms with van der Waals surface area (Å²) in [6.07, 6.45) is 1.71. The Kier molecular flexibility index (Phi) is 2.47. The first-order valence-electron chi connectivity index (χ1n) is 4.39. The summed E-state index contributed by atoms with van der Waals surface area (Å²) in [4.78, 5) is 0. The van der Waals surface area contributed by atoms with Crippen molar-refractivity contribution >= 4 is 10.0 Å². The van der Waals surface area contributed by atoms with Gasteiger partial charge in [0.2, 0.25) is 10.0 Å². The van der Waals surface area contributed by atoms with Crippen LogP contribution in [-0.4, -0.2) is 20.7 Å². The zero-order valence-electron chi connectivity index (χ0n) is 8.21. The standard InChI is InChI=1S/C8H18N2O2S/c1-7(2)3-8(4-7,5-9)6-13(10,11)12/h3-6,9H2,1-2H3,(H2,10,11,12). The van der Waals surface area contributed by atoms with Crippen LogP contribution >= 0.6 is 0 Å². The second kappa shape index (κ2) is 2.93. The molecule has 78 valence electrons. The highest BCUT2D eigenvalue weighted by Gasteiger charge is 2.49. The lowest BCUT2D eigenvalue weighted by Gasteiger charge is -2.52. The van der Waals surface area contributed by atoms with E-state index >= 15 is 0 Å². The third kappa shape index (κ3) is 2.65. The Labute approximate surface area is 79.7 Å². The van der Waals surface area contributed by atoms with Gasteiger partial charge in [0.05, 0.1) is 5.75 Å². The predicted molar refractivity (Wildman–Crippen MR) is 52.5 cm³/mol. The number of hydrogen-bond donors (Lipinski definition) is 2. The lowest BCUT2D eigenvalue weighted by atomic mass is 9.55. The van der Waals surface area contributed by atoms with Gasteiger partial charge in [0, 0.05) is 0 Å². The molecule has 13 heavy (non-hydrogen) atoms. The molecule has 0 bridgehead atoms. The molecule has 0 saturated heterocycles. The molecule has 0 unspecified atom stereocenters. The van der Waals surface area contributed by atoms with Crippen molar-refractivity contribution in [3.63, 3.8) is 0 Å². The molecular weight excluding hydrogens is 188 g/mol. The Morgan fingerprint density at radius 3 is 2.00 bits per heavy atom. The maximum absolute atomic E-state index is 10.9. The number of rotatable bonds is 3. The van der Waals surface area contributed by atoms with Crippen molar-refractivity contribution in [2.75, 3.05) is 12.3 Å². The molecule has 0 aliphatic heterocycles. The van der Waals surface area contributed by atoms with Gasteiger partial charge in [0.25, 0.3) is 0 Å². The van der Waals surface area contributed by atoms with Crippen molar-refractivity contribution in [2.45, 2.75) is 26.7 Å². The zero-order valence-corrected chi connectivity index (χ0v) is 9.02. The monoisotopic (exact) mass is 206 g/mol. The first kappa shape index (κ1) is 10.9. The molecule has 0 aromatic heterocycles. The third-order valence-corrected chi connectivity index (χ3v) is 3.66. The van der Waals surface area contributed by atoms with E-state index in [-0.39, 0.29) is 16.6 Å². The quantitative estimate of drug-likeness (QED) is 0.683. The Hall–Kier alpha value is -0.130. The number of sulfonamides is 1. The van der Waals surface area contributed by atoms with Gasteiger partial charge in [-0.15, -0.1) is 0 Å². The highest BCUT2D eigenvalue weighted by Crippen LogP contribution is 2.53. The fraction of sp³-hybridized carbons (Fsp3) is 1.00. The van der Waals surface area contributed by atoms with Gasteiger partial charge in [-0.2, -0.15) is 0 Å². The lowest BCUT2D eigenvalue weighted by molar-refractivity contribution is 0.0142. The molecule has 0 atom stereocenters. The van der Waals surface area contributed by atoms with E-state index in [1.54, 1.807) is 0 Å². The molecule has 5 heteroatoms. The fourth-order valence-corrected chi connectivity index (χ4v) is 3.89. The molecule has 0 amide bonds. The van der Waals surface area contributed by atoms with E-state index in [2.05, 4.69) is 13.8 Å². The minimum absolute atomic E-state index is 0.0277. The van der Waals surface area contributed by atoms with Crippen molar-refractivity contribution < 1.29 is 8.42 Å². The van der Waals surface area contributed by atoms with E-state index in [9.17, 15) is 8.42 Å². The summed E-state index contributed by atoms with van der Waals surface area (Å²) in [5, 5.41) is 5.01. The normalized spacial score (nSPS) is 25.2. The van der Waals surface area contributed by atoms with Gasteiger partial charge in [-0.1, -0.05) is 13.8 Å². The largest absolute Gasteiger partial charge is 0.330 e. The van der Waals surface area contributed by atoms with Crippen LogP contribution in [0.3, 0.4) is 0 Å². The summed E-state index contributed by atoms with van der Waals surface area (Å²) in [6.45, 7) is 4.64.